The van der Waals surface area contributed by atoms with Crippen LogP contribution in [0.4, 0.5) is 0 Å². The second-order valence-electron chi connectivity index (χ2n) is 1.61. The minimum absolute atomic E-state index is 0.159. The second-order valence-corrected chi connectivity index (χ2v) is 1.61. The molecule has 0 rings (SSSR count). The largest absolute Gasteiger partial charge is 0.411 e. The molecule has 0 fully saturated rings. The summed E-state index contributed by atoms with van der Waals surface area (Å²) in [6.45, 7) is 1.49. The molecule has 54 valence electrons. The molecule has 0 aromatic heterocycles. The lowest BCUT2D eigenvalue weighted by atomic mass is 10.2. The summed E-state index contributed by atoms with van der Waals surface area (Å²) in [7, 11) is 0. The smallest absolute Gasteiger partial charge is 0.116 e. The Morgan fingerprint density at radius 1 is 1.50 bits per heavy atom. The molecule has 2 N–H and O–H groups in total. The van der Waals surface area contributed by atoms with Crippen molar-refractivity contribution in [3.63, 3.8) is 0 Å². The van der Waals surface area contributed by atoms with Crippen molar-refractivity contribution >= 4 is 11.4 Å². The zero-order valence-corrected chi connectivity index (χ0v) is 5.57. The van der Waals surface area contributed by atoms with Crippen molar-refractivity contribution in [3.05, 3.63) is 0 Å². The Balaban J connectivity index is 4.27. The average molecular weight is 140 g/mol. The van der Waals surface area contributed by atoms with Crippen LogP contribution in [-0.2, 0) is 0 Å². The highest BCUT2D eigenvalue weighted by Crippen LogP contribution is 1.88. The van der Waals surface area contributed by atoms with Crippen LogP contribution in [0.1, 0.15) is 13.3 Å². The Labute approximate surface area is 58.9 Å². The van der Waals surface area contributed by atoms with Gasteiger partial charge in [0.25, 0.3) is 0 Å². The van der Waals surface area contributed by atoms with Gasteiger partial charge in [-0.25, -0.2) is 0 Å². The number of rotatable bonds is 2. The van der Waals surface area contributed by atoms with Gasteiger partial charge < -0.3 is 10.4 Å². The Morgan fingerprint density at radius 2 is 2.10 bits per heavy atom. The molecule has 0 aliphatic carbocycles. The number of terminal acetylenes is 1. The first-order chi connectivity index (χ1) is 4.76. The Kier molecular flexibility index (Phi) is 3.73. The van der Waals surface area contributed by atoms with E-state index in [0.717, 1.165) is 0 Å². The first-order valence-electron chi connectivity index (χ1n) is 2.59. The minimum atomic E-state index is 0.159. The van der Waals surface area contributed by atoms with Crippen LogP contribution in [0.25, 0.3) is 0 Å². The lowest BCUT2D eigenvalue weighted by molar-refractivity contribution is 0.313. The van der Waals surface area contributed by atoms with Crippen molar-refractivity contribution in [2.75, 3.05) is 0 Å². The summed E-state index contributed by atoms with van der Waals surface area (Å²) >= 11 is 0. The average Bonchev–Trinajstić information content (AvgIpc) is 1.99. The predicted molar refractivity (Wildman–Crippen MR) is 37.6 cm³/mol. The van der Waals surface area contributed by atoms with E-state index in [4.69, 9.17) is 16.8 Å². The van der Waals surface area contributed by atoms with Crippen LogP contribution in [0.5, 0.6) is 0 Å². The first kappa shape index (κ1) is 8.50. The van der Waals surface area contributed by atoms with Gasteiger partial charge in [0.2, 0.25) is 0 Å². The highest BCUT2D eigenvalue weighted by atomic mass is 16.4. The molecular formula is C6H8N2O2. The third kappa shape index (κ3) is 2.18. The summed E-state index contributed by atoms with van der Waals surface area (Å²) < 4.78 is 0. The normalized spacial score (nSPS) is 12.8. The fourth-order valence-electron chi connectivity index (χ4n) is 0.390. The topological polar surface area (TPSA) is 65.2 Å². The van der Waals surface area contributed by atoms with E-state index in [-0.39, 0.29) is 17.8 Å². The van der Waals surface area contributed by atoms with Crippen LogP contribution in [0, 0.1) is 12.3 Å². The van der Waals surface area contributed by atoms with E-state index < -0.39 is 0 Å². The van der Waals surface area contributed by atoms with Crippen LogP contribution in [-0.4, -0.2) is 21.8 Å². The number of oxime groups is 2. The van der Waals surface area contributed by atoms with Gasteiger partial charge in [-0.3, -0.25) is 0 Å². The zero-order chi connectivity index (χ0) is 7.98. The third-order valence-corrected chi connectivity index (χ3v) is 0.958. The summed E-state index contributed by atoms with van der Waals surface area (Å²) in [4.78, 5) is 0. The Bertz CT molecular complexity index is 200. The molecule has 0 aliphatic rings. The van der Waals surface area contributed by atoms with Gasteiger partial charge in [-0.15, -0.1) is 12.3 Å². The van der Waals surface area contributed by atoms with E-state index in [1.165, 1.54) is 6.92 Å². The highest BCUT2D eigenvalue weighted by molar-refractivity contribution is 6.41. The molecule has 0 radical (unpaired) electrons. The van der Waals surface area contributed by atoms with Gasteiger partial charge in [0.1, 0.15) is 11.4 Å². The van der Waals surface area contributed by atoms with E-state index in [9.17, 15) is 0 Å². The van der Waals surface area contributed by atoms with Gasteiger partial charge in [0.05, 0.1) is 6.42 Å². The van der Waals surface area contributed by atoms with Gasteiger partial charge >= 0.3 is 0 Å². The molecule has 0 aromatic carbocycles. The molecule has 0 unspecified atom stereocenters. The minimum Gasteiger partial charge on any atom is -0.411 e. The van der Waals surface area contributed by atoms with Crippen LogP contribution in [0.2, 0.25) is 0 Å². The summed E-state index contributed by atoms with van der Waals surface area (Å²) in [5, 5.41) is 22.1. The molecule has 0 heterocycles. The van der Waals surface area contributed by atoms with Crippen LogP contribution < -0.4 is 0 Å². The number of hydrogen-bond acceptors (Lipinski definition) is 4. The fraction of sp³-hybridized carbons (Fsp3) is 0.333. The highest BCUT2D eigenvalue weighted by Gasteiger charge is 2.01. The zero-order valence-electron chi connectivity index (χ0n) is 5.57. The molecule has 4 heteroatoms. The molecule has 0 saturated heterocycles. The second kappa shape index (κ2) is 4.39. The summed E-state index contributed by atoms with van der Waals surface area (Å²) in [6, 6.07) is 0. The van der Waals surface area contributed by atoms with Crippen molar-refractivity contribution in [2.24, 2.45) is 10.3 Å². The molecule has 0 amide bonds. The van der Waals surface area contributed by atoms with Crippen molar-refractivity contribution in [1.82, 2.24) is 0 Å². The van der Waals surface area contributed by atoms with Gasteiger partial charge in [0.15, 0.2) is 0 Å². The Morgan fingerprint density at radius 3 is 2.40 bits per heavy atom. The lowest BCUT2D eigenvalue weighted by Crippen LogP contribution is -2.09. The monoisotopic (exact) mass is 140 g/mol. The van der Waals surface area contributed by atoms with Gasteiger partial charge in [-0.2, -0.15) is 0 Å². The van der Waals surface area contributed by atoms with E-state index >= 15 is 0 Å². The van der Waals surface area contributed by atoms with Crippen LogP contribution in [0.15, 0.2) is 10.3 Å². The molecule has 0 aromatic rings. The van der Waals surface area contributed by atoms with Crippen LogP contribution >= 0.6 is 0 Å². The molecule has 0 aliphatic heterocycles. The first-order valence-corrected chi connectivity index (χ1v) is 2.59. The molecule has 0 spiro atoms. The fourth-order valence-corrected chi connectivity index (χ4v) is 0.390. The van der Waals surface area contributed by atoms with Crippen LogP contribution in [0.3, 0.4) is 0 Å². The van der Waals surface area contributed by atoms with E-state index in [1.807, 2.05) is 0 Å². The molecule has 0 bridgehead atoms. The SMILES string of the molecule is C#CCC(=N/O)/C(C)=N/O. The number of nitrogens with zero attached hydrogens (tertiary/aromatic N) is 2. The molecule has 4 nitrogen and oxygen atoms in total. The summed E-state index contributed by atoms with van der Waals surface area (Å²) in [6.07, 6.45) is 5.08. The van der Waals surface area contributed by atoms with Crippen molar-refractivity contribution in [1.29, 1.82) is 0 Å². The summed E-state index contributed by atoms with van der Waals surface area (Å²) in [5.74, 6) is 2.25. The van der Waals surface area contributed by atoms with Crippen molar-refractivity contribution < 1.29 is 10.4 Å². The molecular weight excluding hydrogens is 132 g/mol. The van der Waals surface area contributed by atoms with Crippen molar-refractivity contribution in [2.45, 2.75) is 13.3 Å². The standard InChI is InChI=1S/C6H8N2O2/c1-3-4-6(8-10)5(2)7-9/h1,9-10H,4H2,2H3/b7-5+,8-6-. The predicted octanol–water partition coefficient (Wildman–Crippen LogP) is 0.690. The summed E-state index contributed by atoms with van der Waals surface area (Å²) in [5.41, 5.74) is 0.422. The van der Waals surface area contributed by atoms with Gasteiger partial charge in [-0.05, 0) is 6.92 Å². The molecule has 0 saturated carbocycles. The quantitative estimate of drug-likeness (QED) is 0.256. The third-order valence-electron chi connectivity index (χ3n) is 0.958. The molecule has 10 heavy (non-hydrogen) atoms. The van der Waals surface area contributed by atoms with E-state index in [0.29, 0.717) is 0 Å². The van der Waals surface area contributed by atoms with Gasteiger partial charge in [-0.1, -0.05) is 10.3 Å². The molecule has 0 atom stereocenters. The Hall–Kier alpha value is -1.50. The maximum atomic E-state index is 8.26. The lowest BCUT2D eigenvalue weighted by Gasteiger charge is -1.94. The van der Waals surface area contributed by atoms with E-state index in [2.05, 4.69) is 16.2 Å². The van der Waals surface area contributed by atoms with Crippen molar-refractivity contribution in [3.8, 4) is 12.3 Å². The van der Waals surface area contributed by atoms with E-state index in [1.54, 1.807) is 0 Å². The maximum absolute atomic E-state index is 8.26. The maximum Gasteiger partial charge on any atom is 0.116 e. The number of hydrogen-bond donors (Lipinski definition) is 2. The van der Waals surface area contributed by atoms with Gasteiger partial charge in [0, 0.05) is 0 Å².